The molecule has 2 heteroatoms. The molecule has 0 aromatic carbocycles. The number of rotatable bonds is 0. The van der Waals surface area contributed by atoms with Gasteiger partial charge < -0.3 is 4.74 Å². The summed E-state index contributed by atoms with van der Waals surface area (Å²) >= 11 is 0. The normalized spacial score (nSPS) is 41.7. The molecule has 0 aromatic rings. The fourth-order valence-corrected chi connectivity index (χ4v) is 2.12. The molecular weight excluding hydrogens is 126 g/mol. The van der Waals surface area contributed by atoms with Gasteiger partial charge in [-0.2, -0.15) is 0 Å². The van der Waals surface area contributed by atoms with Gasteiger partial charge >= 0.3 is 0 Å². The molecule has 0 saturated carbocycles. The van der Waals surface area contributed by atoms with Gasteiger partial charge in [0.2, 0.25) is 0 Å². The van der Waals surface area contributed by atoms with E-state index in [-0.39, 0.29) is 0 Å². The lowest BCUT2D eigenvalue weighted by Gasteiger charge is -2.33. The van der Waals surface area contributed by atoms with Gasteiger partial charge in [0.1, 0.15) is 6.23 Å². The van der Waals surface area contributed by atoms with Crippen molar-refractivity contribution in [2.24, 2.45) is 5.92 Å². The van der Waals surface area contributed by atoms with Gasteiger partial charge in [0, 0.05) is 19.1 Å². The van der Waals surface area contributed by atoms with Crippen LogP contribution >= 0.6 is 0 Å². The van der Waals surface area contributed by atoms with Gasteiger partial charge in [-0.15, -0.1) is 0 Å². The van der Waals surface area contributed by atoms with E-state index in [1.54, 1.807) is 0 Å². The topological polar surface area (TPSA) is 12.5 Å². The Morgan fingerprint density at radius 3 is 3.10 bits per heavy atom. The second-order valence-corrected chi connectivity index (χ2v) is 3.43. The predicted molar refractivity (Wildman–Crippen MR) is 39.7 cm³/mol. The molecule has 0 amide bonds. The Bertz CT molecular complexity index is 126. The molecule has 0 N–H and O–H groups in total. The molecule has 0 spiro atoms. The zero-order valence-corrected chi connectivity index (χ0v) is 6.55. The van der Waals surface area contributed by atoms with E-state index in [4.69, 9.17) is 4.74 Å². The van der Waals surface area contributed by atoms with Crippen molar-refractivity contribution < 1.29 is 4.74 Å². The monoisotopic (exact) mass is 141 g/mol. The zero-order valence-electron chi connectivity index (χ0n) is 6.55. The lowest BCUT2D eigenvalue weighted by molar-refractivity contribution is -0.0457. The smallest absolute Gasteiger partial charge is 0.113 e. The van der Waals surface area contributed by atoms with Crippen molar-refractivity contribution in [1.82, 2.24) is 4.90 Å². The third-order valence-corrected chi connectivity index (χ3v) is 2.70. The van der Waals surface area contributed by atoms with Crippen LogP contribution in [0.2, 0.25) is 0 Å². The zero-order chi connectivity index (χ0) is 6.97. The van der Waals surface area contributed by atoms with Gasteiger partial charge in [-0.25, -0.2) is 0 Å². The van der Waals surface area contributed by atoms with E-state index < -0.39 is 0 Å². The molecule has 0 aromatic heterocycles. The van der Waals surface area contributed by atoms with Crippen LogP contribution in [-0.2, 0) is 4.74 Å². The largest absolute Gasteiger partial charge is 0.363 e. The highest BCUT2D eigenvalue weighted by Crippen LogP contribution is 2.30. The SMILES string of the molecule is CN1CCCC2CCOC21. The Labute approximate surface area is 62.2 Å². The summed E-state index contributed by atoms with van der Waals surface area (Å²) in [6.07, 6.45) is 4.50. The van der Waals surface area contributed by atoms with Gasteiger partial charge in [-0.05, 0) is 26.3 Å². The highest BCUT2D eigenvalue weighted by atomic mass is 16.5. The van der Waals surface area contributed by atoms with Crippen LogP contribution in [0.3, 0.4) is 0 Å². The molecule has 2 rings (SSSR count). The van der Waals surface area contributed by atoms with Crippen molar-refractivity contribution >= 4 is 0 Å². The molecule has 2 saturated heterocycles. The third-order valence-electron chi connectivity index (χ3n) is 2.70. The first kappa shape index (κ1) is 6.62. The predicted octanol–water partition coefficient (Wildman–Crippen LogP) is 1.07. The first-order valence-electron chi connectivity index (χ1n) is 4.20. The molecule has 10 heavy (non-hydrogen) atoms. The van der Waals surface area contributed by atoms with Crippen LogP contribution in [0.1, 0.15) is 19.3 Å². The average molecular weight is 141 g/mol. The van der Waals surface area contributed by atoms with Gasteiger partial charge in [0.25, 0.3) is 0 Å². The number of ether oxygens (including phenoxy) is 1. The first-order valence-corrected chi connectivity index (χ1v) is 4.20. The molecular formula is C8H15NO. The quantitative estimate of drug-likeness (QED) is 0.500. The summed E-state index contributed by atoms with van der Waals surface area (Å²) < 4.78 is 5.60. The molecule has 2 nitrogen and oxygen atoms in total. The summed E-state index contributed by atoms with van der Waals surface area (Å²) in [4.78, 5) is 2.35. The Kier molecular flexibility index (Phi) is 1.66. The fraction of sp³-hybridized carbons (Fsp3) is 1.00. The molecule has 0 radical (unpaired) electrons. The standard InChI is InChI=1S/C8H15NO/c1-9-5-2-3-7-4-6-10-8(7)9/h7-8H,2-6H2,1H3. The van der Waals surface area contributed by atoms with E-state index in [0.29, 0.717) is 6.23 Å². The number of likely N-dealkylation sites (tertiary alicyclic amines) is 1. The molecule has 2 heterocycles. The van der Waals surface area contributed by atoms with Crippen molar-refractivity contribution in [3.05, 3.63) is 0 Å². The van der Waals surface area contributed by atoms with E-state index >= 15 is 0 Å². The Morgan fingerprint density at radius 2 is 2.30 bits per heavy atom. The van der Waals surface area contributed by atoms with Crippen LogP contribution < -0.4 is 0 Å². The first-order chi connectivity index (χ1) is 4.88. The van der Waals surface area contributed by atoms with Crippen molar-refractivity contribution in [2.45, 2.75) is 25.5 Å². The summed E-state index contributed by atoms with van der Waals surface area (Å²) in [5.41, 5.74) is 0. The minimum Gasteiger partial charge on any atom is -0.363 e. The number of hydrogen-bond acceptors (Lipinski definition) is 2. The minimum atomic E-state index is 0.466. The lowest BCUT2D eigenvalue weighted by atomic mass is 9.96. The molecule has 2 aliphatic heterocycles. The van der Waals surface area contributed by atoms with Crippen molar-refractivity contribution in [2.75, 3.05) is 20.2 Å². The maximum Gasteiger partial charge on any atom is 0.113 e. The van der Waals surface area contributed by atoms with Crippen molar-refractivity contribution in [1.29, 1.82) is 0 Å². The summed E-state index contributed by atoms with van der Waals surface area (Å²) in [5.74, 6) is 0.846. The highest BCUT2D eigenvalue weighted by molar-refractivity contribution is 4.79. The highest BCUT2D eigenvalue weighted by Gasteiger charge is 2.33. The Morgan fingerprint density at radius 1 is 1.40 bits per heavy atom. The Balaban J connectivity index is 2.03. The number of hydrogen-bond donors (Lipinski definition) is 0. The van der Waals surface area contributed by atoms with E-state index in [0.717, 1.165) is 12.5 Å². The summed E-state index contributed by atoms with van der Waals surface area (Å²) in [5, 5.41) is 0. The number of fused-ring (bicyclic) bond motifs is 1. The minimum absolute atomic E-state index is 0.466. The second-order valence-electron chi connectivity index (χ2n) is 3.43. The van der Waals surface area contributed by atoms with Crippen LogP contribution in [0, 0.1) is 5.92 Å². The average Bonchev–Trinajstić information content (AvgIpc) is 2.36. The Hall–Kier alpha value is -0.0800. The van der Waals surface area contributed by atoms with Crippen LogP contribution in [0.25, 0.3) is 0 Å². The molecule has 0 aliphatic carbocycles. The number of nitrogens with zero attached hydrogens (tertiary/aromatic N) is 1. The van der Waals surface area contributed by atoms with Gasteiger partial charge in [-0.3, -0.25) is 4.90 Å². The number of piperidine rings is 1. The van der Waals surface area contributed by atoms with E-state index in [9.17, 15) is 0 Å². The van der Waals surface area contributed by atoms with E-state index in [2.05, 4.69) is 11.9 Å². The second kappa shape index (κ2) is 2.51. The lowest BCUT2D eigenvalue weighted by Crippen LogP contribution is -2.40. The summed E-state index contributed by atoms with van der Waals surface area (Å²) in [6, 6.07) is 0. The van der Waals surface area contributed by atoms with Gasteiger partial charge in [0.15, 0.2) is 0 Å². The third kappa shape index (κ3) is 0.956. The van der Waals surface area contributed by atoms with Crippen LogP contribution in [-0.4, -0.2) is 31.3 Å². The molecule has 2 aliphatic rings. The maximum absolute atomic E-state index is 5.60. The van der Waals surface area contributed by atoms with E-state index in [1.165, 1.54) is 25.8 Å². The van der Waals surface area contributed by atoms with E-state index in [1.807, 2.05) is 0 Å². The maximum atomic E-state index is 5.60. The fourth-order valence-electron chi connectivity index (χ4n) is 2.12. The van der Waals surface area contributed by atoms with Gasteiger partial charge in [-0.1, -0.05) is 0 Å². The van der Waals surface area contributed by atoms with Crippen LogP contribution in [0.15, 0.2) is 0 Å². The summed E-state index contributed by atoms with van der Waals surface area (Å²) in [7, 11) is 2.17. The van der Waals surface area contributed by atoms with Crippen molar-refractivity contribution in [3.63, 3.8) is 0 Å². The molecule has 2 unspecified atom stereocenters. The molecule has 0 bridgehead atoms. The molecule has 2 atom stereocenters. The molecule has 2 fully saturated rings. The molecule has 58 valence electrons. The van der Waals surface area contributed by atoms with Crippen LogP contribution in [0.5, 0.6) is 0 Å². The van der Waals surface area contributed by atoms with Gasteiger partial charge in [0.05, 0.1) is 0 Å². The van der Waals surface area contributed by atoms with Crippen LogP contribution in [0.4, 0.5) is 0 Å². The van der Waals surface area contributed by atoms with Crippen molar-refractivity contribution in [3.8, 4) is 0 Å². The summed E-state index contributed by atoms with van der Waals surface area (Å²) in [6.45, 7) is 2.21.